The summed E-state index contributed by atoms with van der Waals surface area (Å²) >= 11 is 7.60. The Balaban J connectivity index is 2.38. The first-order valence-electron chi connectivity index (χ1n) is 5.62. The van der Waals surface area contributed by atoms with Gasteiger partial charge in [0.15, 0.2) is 5.78 Å². The van der Waals surface area contributed by atoms with Gasteiger partial charge < -0.3 is 0 Å². The van der Waals surface area contributed by atoms with Crippen LogP contribution in [0.5, 0.6) is 0 Å². The Labute approximate surface area is 121 Å². The van der Waals surface area contributed by atoms with Crippen LogP contribution in [-0.4, -0.2) is 5.78 Å². The van der Waals surface area contributed by atoms with Crippen molar-refractivity contribution >= 4 is 34.3 Å². The third kappa shape index (κ3) is 2.85. The first-order chi connectivity index (χ1) is 8.61. The molecule has 0 aliphatic rings. The van der Waals surface area contributed by atoms with Crippen LogP contribution in [-0.2, 0) is 5.75 Å². The zero-order valence-electron chi connectivity index (χ0n) is 9.98. The summed E-state index contributed by atoms with van der Waals surface area (Å²) in [6, 6.07) is 13.3. The first kappa shape index (κ1) is 13.4. The number of carbonyl (C=O) groups excluding carboxylic acids is 1. The van der Waals surface area contributed by atoms with Crippen molar-refractivity contribution in [3.05, 3.63) is 69.2 Å². The number of hydrogen-bond acceptors (Lipinski definition) is 2. The normalized spacial score (nSPS) is 10.4. The smallest absolute Gasteiger partial charge is 0.193 e. The van der Waals surface area contributed by atoms with Crippen LogP contribution >= 0.6 is 28.6 Å². The van der Waals surface area contributed by atoms with Gasteiger partial charge in [-0.1, -0.05) is 46.3 Å². The van der Waals surface area contributed by atoms with Gasteiger partial charge in [0, 0.05) is 21.4 Å². The molecule has 0 radical (unpaired) electrons. The molecule has 2 aromatic rings. The maximum atomic E-state index is 12.4. The van der Waals surface area contributed by atoms with Crippen molar-refractivity contribution in [3.63, 3.8) is 0 Å². The minimum Gasteiger partial charge on any atom is -0.289 e. The van der Waals surface area contributed by atoms with E-state index >= 15 is 0 Å². The van der Waals surface area contributed by atoms with Crippen molar-refractivity contribution in [1.29, 1.82) is 0 Å². The van der Waals surface area contributed by atoms with Gasteiger partial charge in [-0.3, -0.25) is 4.79 Å². The second kappa shape index (κ2) is 5.72. The summed E-state index contributed by atoms with van der Waals surface area (Å²) in [6.45, 7) is 1.95. The van der Waals surface area contributed by atoms with E-state index in [0.717, 1.165) is 21.2 Å². The van der Waals surface area contributed by atoms with Gasteiger partial charge in [-0.2, -0.15) is 12.6 Å². The summed E-state index contributed by atoms with van der Waals surface area (Å²) in [5, 5.41) is 0. The van der Waals surface area contributed by atoms with Gasteiger partial charge in [-0.05, 0) is 30.2 Å². The molecule has 0 atom stereocenters. The molecular formula is C15H13BrOS. The Morgan fingerprint density at radius 3 is 2.44 bits per heavy atom. The molecule has 1 nitrogen and oxygen atoms in total. The van der Waals surface area contributed by atoms with Crippen LogP contribution in [0.15, 0.2) is 46.9 Å². The Morgan fingerprint density at radius 2 is 1.83 bits per heavy atom. The fourth-order valence-electron chi connectivity index (χ4n) is 1.76. The molecule has 3 heteroatoms. The van der Waals surface area contributed by atoms with Crippen LogP contribution < -0.4 is 0 Å². The molecule has 0 saturated heterocycles. The molecule has 2 rings (SSSR count). The van der Waals surface area contributed by atoms with Crippen molar-refractivity contribution in [2.75, 3.05) is 0 Å². The Morgan fingerprint density at radius 1 is 1.17 bits per heavy atom. The highest BCUT2D eigenvalue weighted by Crippen LogP contribution is 2.19. The molecule has 0 unspecified atom stereocenters. The fourth-order valence-corrected chi connectivity index (χ4v) is 2.33. The van der Waals surface area contributed by atoms with E-state index in [2.05, 4.69) is 28.6 Å². The largest absolute Gasteiger partial charge is 0.289 e. The number of rotatable bonds is 3. The second-order valence-electron chi connectivity index (χ2n) is 4.14. The Hall–Kier alpha value is -1.06. The monoisotopic (exact) mass is 320 g/mol. The van der Waals surface area contributed by atoms with Crippen LogP contribution in [0.2, 0.25) is 0 Å². The highest BCUT2D eigenvalue weighted by Gasteiger charge is 2.11. The topological polar surface area (TPSA) is 17.1 Å². The lowest BCUT2D eigenvalue weighted by atomic mass is 9.98. The molecule has 0 N–H and O–H groups in total. The molecule has 0 bridgehead atoms. The highest BCUT2D eigenvalue weighted by atomic mass is 79.9. The van der Waals surface area contributed by atoms with E-state index < -0.39 is 0 Å². The SMILES string of the molecule is Cc1ccc(Br)cc1C(=O)c1ccc(CS)cc1. The van der Waals surface area contributed by atoms with Gasteiger partial charge in [0.2, 0.25) is 0 Å². The molecule has 2 aromatic carbocycles. The van der Waals surface area contributed by atoms with Gasteiger partial charge in [0.05, 0.1) is 0 Å². The molecule has 0 aromatic heterocycles. The maximum absolute atomic E-state index is 12.4. The van der Waals surface area contributed by atoms with Crippen LogP contribution in [0.1, 0.15) is 27.0 Å². The van der Waals surface area contributed by atoms with Crippen molar-refractivity contribution < 1.29 is 4.79 Å². The fraction of sp³-hybridized carbons (Fsp3) is 0.133. The van der Waals surface area contributed by atoms with Gasteiger partial charge in [-0.15, -0.1) is 0 Å². The molecule has 0 aliphatic heterocycles. The standard InChI is InChI=1S/C15H13BrOS/c1-10-2-7-13(16)8-14(10)15(17)12-5-3-11(9-18)4-6-12/h2-8,18H,9H2,1H3. The van der Waals surface area contributed by atoms with Crippen molar-refractivity contribution in [2.45, 2.75) is 12.7 Å². The molecule has 0 fully saturated rings. The average molecular weight is 321 g/mol. The zero-order valence-corrected chi connectivity index (χ0v) is 12.5. The summed E-state index contributed by atoms with van der Waals surface area (Å²) in [7, 11) is 0. The van der Waals surface area contributed by atoms with Crippen LogP contribution in [0.3, 0.4) is 0 Å². The molecule has 0 amide bonds. The Kier molecular flexibility index (Phi) is 4.25. The van der Waals surface area contributed by atoms with Crippen molar-refractivity contribution in [3.8, 4) is 0 Å². The van der Waals surface area contributed by atoms with Crippen LogP contribution in [0.4, 0.5) is 0 Å². The number of thiol groups is 1. The summed E-state index contributed by atoms with van der Waals surface area (Å²) < 4.78 is 0.920. The average Bonchev–Trinajstić information content (AvgIpc) is 2.41. The summed E-state index contributed by atoms with van der Waals surface area (Å²) in [6.07, 6.45) is 0. The molecule has 0 aliphatic carbocycles. The van der Waals surface area contributed by atoms with E-state index in [1.54, 1.807) is 0 Å². The Bertz CT molecular complexity index is 576. The van der Waals surface area contributed by atoms with E-state index in [1.807, 2.05) is 49.4 Å². The van der Waals surface area contributed by atoms with Crippen LogP contribution in [0.25, 0.3) is 0 Å². The van der Waals surface area contributed by atoms with Gasteiger partial charge in [0.1, 0.15) is 0 Å². The number of benzene rings is 2. The molecule has 0 saturated carbocycles. The molecule has 0 heterocycles. The van der Waals surface area contributed by atoms with Gasteiger partial charge >= 0.3 is 0 Å². The second-order valence-corrected chi connectivity index (χ2v) is 5.38. The first-order valence-corrected chi connectivity index (χ1v) is 7.05. The third-order valence-corrected chi connectivity index (χ3v) is 3.70. The molecular weight excluding hydrogens is 308 g/mol. The predicted octanol–water partition coefficient (Wildman–Crippen LogP) is 4.42. The third-order valence-electron chi connectivity index (χ3n) is 2.84. The summed E-state index contributed by atoms with van der Waals surface area (Å²) in [5.74, 6) is 0.740. The van der Waals surface area contributed by atoms with E-state index in [9.17, 15) is 4.79 Å². The van der Waals surface area contributed by atoms with Crippen LogP contribution in [0, 0.1) is 6.92 Å². The van der Waals surface area contributed by atoms with Crippen molar-refractivity contribution in [2.24, 2.45) is 0 Å². The lowest BCUT2D eigenvalue weighted by Crippen LogP contribution is -2.03. The van der Waals surface area contributed by atoms with Gasteiger partial charge in [0.25, 0.3) is 0 Å². The number of carbonyl (C=O) groups is 1. The van der Waals surface area contributed by atoms with E-state index in [1.165, 1.54) is 0 Å². The number of aryl methyl sites for hydroxylation is 1. The summed E-state index contributed by atoms with van der Waals surface area (Å²) in [4.78, 5) is 12.4. The van der Waals surface area contributed by atoms with E-state index in [-0.39, 0.29) is 5.78 Å². The number of halogens is 1. The number of ketones is 1. The van der Waals surface area contributed by atoms with E-state index in [4.69, 9.17) is 0 Å². The highest BCUT2D eigenvalue weighted by molar-refractivity contribution is 9.10. The van der Waals surface area contributed by atoms with Gasteiger partial charge in [-0.25, -0.2) is 0 Å². The zero-order chi connectivity index (χ0) is 13.1. The quantitative estimate of drug-likeness (QED) is 0.654. The molecule has 0 spiro atoms. The summed E-state index contributed by atoms with van der Waals surface area (Å²) in [5.41, 5.74) is 3.55. The lowest BCUT2D eigenvalue weighted by Gasteiger charge is -2.06. The minimum atomic E-state index is 0.0551. The van der Waals surface area contributed by atoms with E-state index in [0.29, 0.717) is 11.3 Å². The number of hydrogen-bond donors (Lipinski definition) is 1. The predicted molar refractivity (Wildman–Crippen MR) is 81.4 cm³/mol. The minimum absolute atomic E-state index is 0.0551. The maximum Gasteiger partial charge on any atom is 0.193 e. The molecule has 18 heavy (non-hydrogen) atoms. The molecule has 92 valence electrons. The van der Waals surface area contributed by atoms with Crippen molar-refractivity contribution in [1.82, 2.24) is 0 Å². The lowest BCUT2D eigenvalue weighted by molar-refractivity contribution is 0.103.